The molecule has 3 rings (SSSR count). The largest absolute Gasteiger partial charge is 0.494 e. The minimum Gasteiger partial charge on any atom is -0.494 e. The van der Waals surface area contributed by atoms with E-state index in [1.54, 1.807) is 36.8 Å². The van der Waals surface area contributed by atoms with Crippen molar-refractivity contribution in [2.75, 3.05) is 18.9 Å². The van der Waals surface area contributed by atoms with Gasteiger partial charge in [0.1, 0.15) is 28.3 Å². The Morgan fingerprint density at radius 2 is 1.75 bits per heavy atom. The molecule has 0 spiro atoms. The summed E-state index contributed by atoms with van der Waals surface area (Å²) in [5, 5.41) is 7.24. The fraction of sp³-hybridized carbons (Fsp3) is 0.292. The SMILES string of the molecule is C=C(/C=N\C=C(C)C)c1nnc(NS(=O)(=O)[C@H](C)c2ncc(C)cn2)n1-c1c(OC)cccc1OC. The van der Waals surface area contributed by atoms with Gasteiger partial charge in [-0.05, 0) is 45.4 Å². The van der Waals surface area contributed by atoms with Crippen molar-refractivity contribution >= 4 is 27.8 Å². The predicted molar refractivity (Wildman–Crippen MR) is 139 cm³/mol. The molecule has 1 aromatic carbocycles. The fourth-order valence-electron chi connectivity index (χ4n) is 3.12. The van der Waals surface area contributed by atoms with Crippen molar-refractivity contribution in [3.63, 3.8) is 0 Å². The van der Waals surface area contributed by atoms with E-state index < -0.39 is 15.3 Å². The van der Waals surface area contributed by atoms with Crippen LogP contribution in [-0.2, 0) is 10.0 Å². The van der Waals surface area contributed by atoms with Crippen molar-refractivity contribution < 1.29 is 17.9 Å². The Morgan fingerprint density at radius 1 is 1.14 bits per heavy atom. The van der Waals surface area contributed by atoms with Crippen molar-refractivity contribution in [1.29, 1.82) is 0 Å². The number of benzene rings is 1. The van der Waals surface area contributed by atoms with Crippen LogP contribution < -0.4 is 14.2 Å². The van der Waals surface area contributed by atoms with E-state index in [0.29, 0.717) is 22.8 Å². The molecule has 0 unspecified atom stereocenters. The molecule has 0 saturated carbocycles. The summed E-state index contributed by atoms with van der Waals surface area (Å²) in [6, 6.07) is 5.17. The van der Waals surface area contributed by atoms with Gasteiger partial charge in [0, 0.05) is 30.4 Å². The molecule has 0 radical (unpaired) electrons. The number of para-hydroxylation sites is 1. The molecule has 11 nitrogen and oxygen atoms in total. The predicted octanol–water partition coefficient (Wildman–Crippen LogP) is 3.89. The van der Waals surface area contributed by atoms with Crippen LogP contribution in [0.15, 0.2) is 53.9 Å². The van der Waals surface area contributed by atoms with Crippen LogP contribution >= 0.6 is 0 Å². The average molecular weight is 512 g/mol. The number of allylic oxidation sites excluding steroid dienone is 2. The second-order valence-corrected chi connectivity index (χ2v) is 10.1. The summed E-state index contributed by atoms with van der Waals surface area (Å²) in [5.41, 5.74) is 2.58. The molecule has 1 atom stereocenters. The first-order valence-electron chi connectivity index (χ1n) is 10.9. The maximum atomic E-state index is 13.3. The topological polar surface area (TPSA) is 133 Å². The van der Waals surface area contributed by atoms with Gasteiger partial charge in [-0.2, -0.15) is 0 Å². The molecule has 2 aromatic heterocycles. The highest BCUT2D eigenvalue weighted by Gasteiger charge is 2.30. The van der Waals surface area contributed by atoms with E-state index in [9.17, 15) is 8.42 Å². The summed E-state index contributed by atoms with van der Waals surface area (Å²) >= 11 is 0. The van der Waals surface area contributed by atoms with Crippen molar-refractivity contribution in [2.45, 2.75) is 32.9 Å². The Balaban J connectivity index is 2.16. The Labute approximate surface area is 210 Å². The van der Waals surface area contributed by atoms with Crippen LogP contribution in [0.2, 0.25) is 0 Å². The molecule has 3 aromatic rings. The van der Waals surface area contributed by atoms with Gasteiger partial charge in [0.05, 0.1) is 14.2 Å². The van der Waals surface area contributed by atoms with Gasteiger partial charge in [-0.1, -0.05) is 18.2 Å². The van der Waals surface area contributed by atoms with Crippen molar-refractivity contribution in [2.24, 2.45) is 4.99 Å². The van der Waals surface area contributed by atoms with Crippen LogP contribution in [0.4, 0.5) is 5.95 Å². The summed E-state index contributed by atoms with van der Waals surface area (Å²) in [7, 11) is -1.05. The van der Waals surface area contributed by atoms with E-state index in [0.717, 1.165) is 11.1 Å². The molecule has 36 heavy (non-hydrogen) atoms. The highest BCUT2D eigenvalue weighted by Crippen LogP contribution is 2.36. The minimum absolute atomic E-state index is 0.0940. The zero-order chi connectivity index (χ0) is 26.5. The van der Waals surface area contributed by atoms with Gasteiger partial charge in [0.25, 0.3) is 0 Å². The molecule has 0 saturated heterocycles. The van der Waals surface area contributed by atoms with Crippen LogP contribution in [0.1, 0.15) is 43.2 Å². The molecule has 12 heteroatoms. The van der Waals surface area contributed by atoms with E-state index in [1.165, 1.54) is 31.9 Å². The Bertz CT molecular complexity index is 1380. The van der Waals surface area contributed by atoms with E-state index >= 15 is 0 Å². The molecular formula is C24H29N7O4S. The van der Waals surface area contributed by atoms with Crippen LogP contribution in [0.3, 0.4) is 0 Å². The number of sulfonamides is 1. The Hall–Kier alpha value is -4.06. The number of methoxy groups -OCH3 is 2. The lowest BCUT2D eigenvalue weighted by Crippen LogP contribution is -2.23. The molecule has 0 fully saturated rings. The van der Waals surface area contributed by atoms with E-state index in [4.69, 9.17) is 9.47 Å². The van der Waals surface area contributed by atoms with Crippen molar-refractivity contribution in [3.8, 4) is 17.2 Å². The maximum Gasteiger partial charge on any atom is 0.245 e. The number of aromatic nitrogens is 5. The lowest BCUT2D eigenvalue weighted by atomic mass is 10.2. The molecule has 0 aliphatic heterocycles. The lowest BCUT2D eigenvalue weighted by molar-refractivity contribution is 0.391. The fourth-order valence-corrected chi connectivity index (χ4v) is 4.09. The zero-order valence-electron chi connectivity index (χ0n) is 21.1. The second kappa shape index (κ2) is 11.1. The molecule has 190 valence electrons. The quantitative estimate of drug-likeness (QED) is 0.405. The zero-order valence-corrected chi connectivity index (χ0v) is 21.9. The van der Waals surface area contributed by atoms with Crippen molar-refractivity contribution in [1.82, 2.24) is 24.7 Å². The maximum absolute atomic E-state index is 13.3. The van der Waals surface area contributed by atoms with Gasteiger partial charge in [-0.15, -0.1) is 10.2 Å². The van der Waals surface area contributed by atoms with Gasteiger partial charge < -0.3 is 9.47 Å². The number of hydrogen-bond acceptors (Lipinski definition) is 9. The third-order valence-corrected chi connectivity index (χ3v) is 6.61. The highest BCUT2D eigenvalue weighted by molar-refractivity contribution is 7.92. The number of anilines is 1. The van der Waals surface area contributed by atoms with Gasteiger partial charge in [-0.3, -0.25) is 14.3 Å². The summed E-state index contributed by atoms with van der Waals surface area (Å²) in [6.07, 6.45) is 6.30. The lowest BCUT2D eigenvalue weighted by Gasteiger charge is -2.18. The standard InChI is InChI=1S/C24H29N7O4S/c1-15(2)11-25-14-17(4)23-28-29-24(31(23)21-19(34-6)9-8-10-20(21)35-7)30-36(32,33)18(5)22-26-12-16(3)13-27-22/h8-14,18H,4H2,1-3,5-7H3,(H,29,30)/b25-14-/t18-/m1/s1. The molecule has 0 aliphatic rings. The summed E-state index contributed by atoms with van der Waals surface area (Å²) < 4.78 is 41.7. The number of aliphatic imine (C=N–C) groups is 1. The van der Waals surface area contributed by atoms with Gasteiger partial charge in [0.2, 0.25) is 16.0 Å². The highest BCUT2D eigenvalue weighted by atomic mass is 32.2. The monoisotopic (exact) mass is 511 g/mol. The molecule has 1 N–H and O–H groups in total. The average Bonchev–Trinajstić information content (AvgIpc) is 3.25. The van der Waals surface area contributed by atoms with E-state index in [-0.39, 0.29) is 17.6 Å². The minimum atomic E-state index is -4.04. The smallest absolute Gasteiger partial charge is 0.245 e. The first-order valence-corrected chi connectivity index (χ1v) is 12.5. The number of nitrogens with zero attached hydrogens (tertiary/aromatic N) is 6. The molecular weight excluding hydrogens is 482 g/mol. The molecule has 2 heterocycles. The Morgan fingerprint density at radius 3 is 2.31 bits per heavy atom. The molecule has 0 bridgehead atoms. The van der Waals surface area contributed by atoms with E-state index in [1.807, 2.05) is 20.8 Å². The second-order valence-electron chi connectivity index (χ2n) is 8.11. The van der Waals surface area contributed by atoms with Crippen LogP contribution in [0.5, 0.6) is 11.5 Å². The number of nitrogens with one attached hydrogen (secondary N) is 1. The van der Waals surface area contributed by atoms with Crippen LogP contribution in [0, 0.1) is 6.92 Å². The normalized spacial score (nSPS) is 12.3. The summed E-state index contributed by atoms with van der Waals surface area (Å²) in [6.45, 7) is 11.2. The molecule has 0 amide bonds. The summed E-state index contributed by atoms with van der Waals surface area (Å²) in [5.74, 6) is 1.09. The summed E-state index contributed by atoms with van der Waals surface area (Å²) in [4.78, 5) is 12.5. The first-order chi connectivity index (χ1) is 17.1. The first kappa shape index (κ1) is 26.5. The van der Waals surface area contributed by atoms with Crippen LogP contribution in [0.25, 0.3) is 11.3 Å². The van der Waals surface area contributed by atoms with E-state index in [2.05, 4.69) is 36.5 Å². The number of hydrogen-bond donors (Lipinski definition) is 1. The van der Waals surface area contributed by atoms with Gasteiger partial charge in [0.15, 0.2) is 5.82 Å². The number of rotatable bonds is 10. The van der Waals surface area contributed by atoms with Crippen molar-refractivity contribution in [3.05, 3.63) is 66.2 Å². The number of aryl methyl sites for hydroxylation is 1. The third-order valence-electron chi connectivity index (χ3n) is 5.00. The van der Waals surface area contributed by atoms with Gasteiger partial charge >= 0.3 is 0 Å². The third kappa shape index (κ3) is 5.77. The van der Waals surface area contributed by atoms with Crippen LogP contribution in [-0.4, -0.2) is 53.6 Å². The van der Waals surface area contributed by atoms with Gasteiger partial charge in [-0.25, -0.2) is 18.4 Å². The Kier molecular flexibility index (Phi) is 8.20. The number of ether oxygens (including phenoxy) is 2. The molecule has 0 aliphatic carbocycles.